The van der Waals surface area contributed by atoms with Gasteiger partial charge >= 0.3 is 5.97 Å². The zero-order valence-electron chi connectivity index (χ0n) is 13.0. The van der Waals surface area contributed by atoms with E-state index in [1.807, 2.05) is 0 Å². The van der Waals surface area contributed by atoms with Crippen LogP contribution in [0.4, 0.5) is 5.69 Å². The van der Waals surface area contributed by atoms with Gasteiger partial charge in [0.15, 0.2) is 0 Å². The molecule has 0 aliphatic rings. The van der Waals surface area contributed by atoms with Crippen LogP contribution in [0.1, 0.15) is 0 Å². The number of carbonyl (C=O) groups is 1. The Kier molecular flexibility index (Phi) is 8.85. The maximum Gasteiger partial charge on any atom is 0.315 e. The summed E-state index contributed by atoms with van der Waals surface area (Å²) in [6.07, 6.45) is 0. The normalized spacial score (nSPS) is 10.2. The molecule has 0 atom stereocenters. The number of hydrogen-bond acceptors (Lipinski definition) is 8. The van der Waals surface area contributed by atoms with Crippen LogP contribution >= 0.6 is 11.8 Å². The molecule has 0 unspecified atom stereocenters. The van der Waals surface area contributed by atoms with Gasteiger partial charge in [0.05, 0.1) is 50.2 Å². The first-order chi connectivity index (χ1) is 11.1. The molecule has 8 nitrogen and oxygen atoms in total. The fourth-order valence-electron chi connectivity index (χ4n) is 1.52. The van der Waals surface area contributed by atoms with Gasteiger partial charge in [0.1, 0.15) is 18.1 Å². The van der Waals surface area contributed by atoms with Gasteiger partial charge in [0.25, 0.3) is 5.69 Å². The van der Waals surface area contributed by atoms with Crippen LogP contribution in [0.15, 0.2) is 18.2 Å². The molecular formula is C14H19NO7S. The number of thioether (sulfide) groups is 1. The molecule has 1 aromatic carbocycles. The second-order valence-electron chi connectivity index (χ2n) is 4.21. The van der Waals surface area contributed by atoms with Crippen LogP contribution in [0.25, 0.3) is 0 Å². The molecule has 1 aromatic rings. The van der Waals surface area contributed by atoms with E-state index < -0.39 is 4.92 Å². The number of hydrogen-bond donors (Lipinski definition) is 0. The standard InChI is InChI=1S/C14H19NO7S/c1-19-12-7-11(15(17)18)8-13(9-12)22-4-3-21-5-6-23-10-14(16)20-2/h7-9H,3-6,10H2,1-2H3. The number of rotatable bonds is 11. The van der Waals surface area contributed by atoms with Gasteiger partial charge < -0.3 is 18.9 Å². The average Bonchev–Trinajstić information content (AvgIpc) is 2.56. The number of non-ortho nitro benzene ring substituents is 1. The maximum absolute atomic E-state index is 10.9. The average molecular weight is 345 g/mol. The third-order valence-electron chi connectivity index (χ3n) is 2.63. The van der Waals surface area contributed by atoms with Crippen molar-refractivity contribution in [2.24, 2.45) is 0 Å². The van der Waals surface area contributed by atoms with Gasteiger partial charge in [0, 0.05) is 11.8 Å². The van der Waals surface area contributed by atoms with Crippen molar-refractivity contribution in [1.29, 1.82) is 0 Å². The lowest BCUT2D eigenvalue weighted by atomic mass is 10.3. The molecule has 1 rings (SSSR count). The van der Waals surface area contributed by atoms with E-state index in [1.54, 1.807) is 6.07 Å². The molecule has 0 spiro atoms. The minimum Gasteiger partial charge on any atom is -0.496 e. The van der Waals surface area contributed by atoms with Crippen molar-refractivity contribution in [3.05, 3.63) is 28.3 Å². The van der Waals surface area contributed by atoms with E-state index in [2.05, 4.69) is 4.74 Å². The zero-order valence-corrected chi connectivity index (χ0v) is 13.8. The Balaban J connectivity index is 2.24. The van der Waals surface area contributed by atoms with Crippen LogP contribution < -0.4 is 9.47 Å². The van der Waals surface area contributed by atoms with Crippen LogP contribution in [0.3, 0.4) is 0 Å². The predicted molar refractivity (Wildman–Crippen MR) is 85.3 cm³/mol. The number of esters is 1. The highest BCUT2D eigenvalue weighted by Gasteiger charge is 2.11. The van der Waals surface area contributed by atoms with Crippen LogP contribution in [0, 0.1) is 10.1 Å². The van der Waals surface area contributed by atoms with Crippen LogP contribution in [0.5, 0.6) is 11.5 Å². The summed E-state index contributed by atoms with van der Waals surface area (Å²) in [6.45, 7) is 1.07. The predicted octanol–water partition coefficient (Wildman–Crippen LogP) is 1.90. The Labute approximate surface area is 138 Å². The first kappa shape index (κ1) is 19.0. The first-order valence-electron chi connectivity index (χ1n) is 6.75. The minimum atomic E-state index is -0.510. The van der Waals surface area contributed by atoms with Gasteiger partial charge in [-0.05, 0) is 0 Å². The zero-order chi connectivity index (χ0) is 17.1. The molecule has 0 N–H and O–H groups in total. The topological polar surface area (TPSA) is 97.1 Å². The second kappa shape index (κ2) is 10.7. The Bertz CT molecular complexity index is 524. The Morgan fingerprint density at radius 2 is 1.91 bits per heavy atom. The van der Waals surface area contributed by atoms with Crippen LogP contribution in [-0.2, 0) is 14.3 Å². The van der Waals surface area contributed by atoms with Crippen LogP contribution in [-0.4, -0.2) is 56.4 Å². The molecular weight excluding hydrogens is 326 g/mol. The highest BCUT2D eigenvalue weighted by atomic mass is 32.2. The van der Waals surface area contributed by atoms with Gasteiger partial charge in [0.2, 0.25) is 0 Å². The van der Waals surface area contributed by atoms with E-state index in [4.69, 9.17) is 14.2 Å². The Hall–Kier alpha value is -2.00. The summed E-state index contributed by atoms with van der Waals surface area (Å²) >= 11 is 1.42. The number of benzene rings is 1. The SMILES string of the molecule is COC(=O)CSCCOCCOc1cc(OC)cc([N+](=O)[O-])c1. The monoisotopic (exact) mass is 345 g/mol. The molecule has 0 amide bonds. The molecule has 0 saturated heterocycles. The summed E-state index contributed by atoms with van der Waals surface area (Å²) in [6, 6.07) is 4.22. The van der Waals surface area contributed by atoms with E-state index in [0.717, 1.165) is 0 Å². The number of nitro benzene ring substituents is 1. The smallest absolute Gasteiger partial charge is 0.315 e. The molecule has 0 aliphatic heterocycles. The van der Waals surface area contributed by atoms with Gasteiger partial charge in [-0.25, -0.2) is 0 Å². The third kappa shape index (κ3) is 7.71. The molecule has 0 aromatic heterocycles. The van der Waals surface area contributed by atoms with Crippen molar-refractivity contribution < 1.29 is 28.7 Å². The molecule has 0 radical (unpaired) electrons. The number of carbonyl (C=O) groups excluding carboxylic acids is 1. The molecule has 0 fully saturated rings. The molecule has 0 bridgehead atoms. The van der Waals surface area contributed by atoms with Crippen molar-refractivity contribution in [2.45, 2.75) is 0 Å². The molecule has 0 heterocycles. The molecule has 9 heteroatoms. The quantitative estimate of drug-likeness (QED) is 0.260. The largest absolute Gasteiger partial charge is 0.496 e. The van der Waals surface area contributed by atoms with Gasteiger partial charge in [-0.15, -0.1) is 11.8 Å². The minimum absolute atomic E-state index is 0.0977. The first-order valence-corrected chi connectivity index (χ1v) is 7.91. The van der Waals surface area contributed by atoms with Crippen molar-refractivity contribution in [1.82, 2.24) is 0 Å². The summed E-state index contributed by atoms with van der Waals surface area (Å²) < 4.78 is 20.3. The van der Waals surface area contributed by atoms with Gasteiger partial charge in [-0.1, -0.05) is 0 Å². The molecule has 23 heavy (non-hydrogen) atoms. The molecule has 128 valence electrons. The van der Waals surface area contributed by atoms with Crippen molar-refractivity contribution in [2.75, 3.05) is 45.5 Å². The van der Waals surface area contributed by atoms with Crippen molar-refractivity contribution in [3.8, 4) is 11.5 Å². The van der Waals surface area contributed by atoms with E-state index in [-0.39, 0.29) is 18.3 Å². The summed E-state index contributed by atoms with van der Waals surface area (Å²) in [7, 11) is 2.78. The van der Waals surface area contributed by atoms with E-state index >= 15 is 0 Å². The number of nitrogens with zero attached hydrogens (tertiary/aromatic N) is 1. The van der Waals surface area contributed by atoms with E-state index in [0.29, 0.717) is 36.2 Å². The highest BCUT2D eigenvalue weighted by molar-refractivity contribution is 7.99. The third-order valence-corrected chi connectivity index (χ3v) is 3.52. The summed E-state index contributed by atoms with van der Waals surface area (Å²) in [5.74, 6) is 1.40. The van der Waals surface area contributed by atoms with Crippen LogP contribution in [0.2, 0.25) is 0 Å². The Morgan fingerprint density at radius 3 is 2.57 bits per heavy atom. The lowest BCUT2D eigenvalue weighted by Crippen LogP contribution is -2.10. The number of nitro groups is 1. The fourth-order valence-corrected chi connectivity index (χ4v) is 2.18. The fraction of sp³-hybridized carbons (Fsp3) is 0.500. The van der Waals surface area contributed by atoms with Crippen molar-refractivity contribution in [3.63, 3.8) is 0 Å². The van der Waals surface area contributed by atoms with Crippen molar-refractivity contribution >= 4 is 23.4 Å². The summed E-state index contributed by atoms with van der Waals surface area (Å²) in [5.41, 5.74) is -0.0977. The number of methoxy groups -OCH3 is 2. The number of ether oxygens (including phenoxy) is 4. The summed E-state index contributed by atoms with van der Waals surface area (Å²) in [4.78, 5) is 21.2. The lowest BCUT2D eigenvalue weighted by Gasteiger charge is -2.08. The maximum atomic E-state index is 10.9. The second-order valence-corrected chi connectivity index (χ2v) is 5.32. The van der Waals surface area contributed by atoms with E-state index in [1.165, 1.54) is 38.1 Å². The lowest BCUT2D eigenvalue weighted by molar-refractivity contribution is -0.385. The Morgan fingerprint density at radius 1 is 1.17 bits per heavy atom. The summed E-state index contributed by atoms with van der Waals surface area (Å²) in [5, 5.41) is 10.8. The van der Waals surface area contributed by atoms with Gasteiger partial charge in [-0.2, -0.15) is 0 Å². The highest BCUT2D eigenvalue weighted by Crippen LogP contribution is 2.27. The molecule has 0 aliphatic carbocycles. The van der Waals surface area contributed by atoms with E-state index in [9.17, 15) is 14.9 Å². The molecule has 0 saturated carbocycles. The van der Waals surface area contributed by atoms with Gasteiger partial charge in [-0.3, -0.25) is 14.9 Å².